The number of hydrogen-bond acceptors (Lipinski definition) is 1. The van der Waals surface area contributed by atoms with E-state index in [-0.39, 0.29) is 5.41 Å². The molecule has 1 heteroatoms. The second kappa shape index (κ2) is 3.97. The number of hydrogen-bond donors (Lipinski definition) is 0. The molecule has 1 heterocycles. The Morgan fingerprint density at radius 2 is 1.93 bits per heavy atom. The van der Waals surface area contributed by atoms with Crippen molar-refractivity contribution in [3.05, 3.63) is 34.9 Å². The van der Waals surface area contributed by atoms with Gasteiger partial charge in [-0.2, -0.15) is 0 Å². The van der Waals surface area contributed by atoms with Gasteiger partial charge in [0.15, 0.2) is 0 Å². The summed E-state index contributed by atoms with van der Waals surface area (Å²) in [6, 6.07) is 6.87. The first-order valence-corrected chi connectivity index (χ1v) is 5.77. The van der Waals surface area contributed by atoms with Crippen LogP contribution in [0.3, 0.4) is 0 Å². The quantitative estimate of drug-likeness (QED) is 0.629. The van der Waals surface area contributed by atoms with Crippen molar-refractivity contribution in [2.24, 2.45) is 0 Å². The molecule has 1 aromatic rings. The summed E-state index contributed by atoms with van der Waals surface area (Å²) in [6.07, 6.45) is 2.32. The molecule has 82 valence electrons. The van der Waals surface area contributed by atoms with Crippen molar-refractivity contribution in [1.82, 2.24) is 0 Å². The Morgan fingerprint density at radius 1 is 1.13 bits per heavy atom. The van der Waals surface area contributed by atoms with Crippen LogP contribution in [0.25, 0.3) is 0 Å². The first kappa shape index (κ1) is 10.7. The van der Waals surface area contributed by atoms with Crippen LogP contribution in [0.15, 0.2) is 18.2 Å². The maximum atomic E-state index is 5.59. The van der Waals surface area contributed by atoms with Gasteiger partial charge >= 0.3 is 0 Å². The lowest BCUT2D eigenvalue weighted by atomic mass is 9.85. The number of ether oxygens (including phenoxy) is 1. The molecule has 0 spiro atoms. The predicted molar refractivity (Wildman–Crippen MR) is 63.1 cm³/mol. The Labute approximate surface area is 92.5 Å². The Hall–Kier alpha value is -0.820. The van der Waals surface area contributed by atoms with Crippen molar-refractivity contribution in [2.45, 2.75) is 45.6 Å². The van der Waals surface area contributed by atoms with E-state index in [1.54, 1.807) is 0 Å². The summed E-state index contributed by atoms with van der Waals surface area (Å²) in [5.74, 6) is 0. The number of fused-ring (bicyclic) bond motifs is 1. The summed E-state index contributed by atoms with van der Waals surface area (Å²) in [5.41, 5.74) is 4.51. The van der Waals surface area contributed by atoms with E-state index >= 15 is 0 Å². The summed E-state index contributed by atoms with van der Waals surface area (Å²) >= 11 is 0. The highest BCUT2D eigenvalue weighted by molar-refractivity contribution is 5.35. The van der Waals surface area contributed by atoms with E-state index in [0.29, 0.717) is 0 Å². The van der Waals surface area contributed by atoms with Crippen molar-refractivity contribution in [3.63, 3.8) is 0 Å². The minimum atomic E-state index is 0.237. The maximum absolute atomic E-state index is 5.59. The summed E-state index contributed by atoms with van der Waals surface area (Å²) in [4.78, 5) is 0. The van der Waals surface area contributed by atoms with Crippen LogP contribution in [0.2, 0.25) is 0 Å². The zero-order valence-electron chi connectivity index (χ0n) is 9.97. The van der Waals surface area contributed by atoms with Crippen LogP contribution in [-0.2, 0) is 23.2 Å². The summed E-state index contributed by atoms with van der Waals surface area (Å²) in [6.45, 7) is 8.46. The summed E-state index contributed by atoms with van der Waals surface area (Å²) < 4.78 is 5.59. The molecule has 1 aliphatic rings. The van der Waals surface area contributed by atoms with Crippen LogP contribution in [0, 0.1) is 0 Å². The van der Waals surface area contributed by atoms with Gasteiger partial charge in [0, 0.05) is 6.61 Å². The number of aryl methyl sites for hydroxylation is 1. The third-order valence-electron chi connectivity index (χ3n) is 3.06. The van der Waals surface area contributed by atoms with E-state index in [1.807, 2.05) is 0 Å². The largest absolute Gasteiger partial charge is 0.377 e. The molecule has 0 aliphatic carbocycles. The number of rotatable bonds is 0. The van der Waals surface area contributed by atoms with Gasteiger partial charge in [-0.05, 0) is 34.9 Å². The fraction of sp³-hybridized carbons (Fsp3) is 0.571. The molecule has 0 N–H and O–H groups in total. The average molecular weight is 204 g/mol. The molecular weight excluding hydrogens is 184 g/mol. The van der Waals surface area contributed by atoms with Crippen LogP contribution in [-0.4, -0.2) is 6.61 Å². The van der Waals surface area contributed by atoms with Gasteiger partial charge in [0.2, 0.25) is 0 Å². The molecule has 1 nitrogen and oxygen atoms in total. The molecule has 0 bridgehead atoms. The van der Waals surface area contributed by atoms with E-state index < -0.39 is 0 Å². The van der Waals surface area contributed by atoms with Crippen LogP contribution < -0.4 is 0 Å². The standard InChI is InChI=1S/C14H20O/c1-14(2,3)13-7-6-11-5-4-8-15-10-12(11)9-13/h6-7,9H,4-5,8,10H2,1-3H3. The van der Waals surface area contributed by atoms with E-state index in [4.69, 9.17) is 4.74 Å². The lowest BCUT2D eigenvalue weighted by Crippen LogP contribution is -2.12. The molecule has 0 unspecified atom stereocenters. The van der Waals surface area contributed by atoms with Gasteiger partial charge in [-0.1, -0.05) is 39.0 Å². The molecule has 1 aliphatic heterocycles. The van der Waals surface area contributed by atoms with Crippen LogP contribution >= 0.6 is 0 Å². The molecule has 0 fully saturated rings. The van der Waals surface area contributed by atoms with Gasteiger partial charge in [-0.25, -0.2) is 0 Å². The third kappa shape index (κ3) is 2.40. The smallest absolute Gasteiger partial charge is 0.0719 e. The number of benzene rings is 1. The Kier molecular flexibility index (Phi) is 2.83. The SMILES string of the molecule is CC(C)(C)c1ccc2c(c1)COCCC2. The van der Waals surface area contributed by atoms with Crippen molar-refractivity contribution in [3.8, 4) is 0 Å². The van der Waals surface area contributed by atoms with E-state index in [2.05, 4.69) is 39.0 Å². The first-order valence-electron chi connectivity index (χ1n) is 5.77. The van der Waals surface area contributed by atoms with Crippen molar-refractivity contribution < 1.29 is 4.74 Å². The molecule has 15 heavy (non-hydrogen) atoms. The van der Waals surface area contributed by atoms with Gasteiger partial charge in [0.1, 0.15) is 0 Å². The summed E-state index contributed by atoms with van der Waals surface area (Å²) in [7, 11) is 0. The van der Waals surface area contributed by atoms with Crippen LogP contribution in [0.1, 0.15) is 43.9 Å². The minimum absolute atomic E-state index is 0.237. The van der Waals surface area contributed by atoms with Crippen molar-refractivity contribution in [1.29, 1.82) is 0 Å². The van der Waals surface area contributed by atoms with Gasteiger partial charge in [-0.3, -0.25) is 0 Å². The Bertz CT molecular complexity index is 347. The zero-order valence-corrected chi connectivity index (χ0v) is 9.97. The lowest BCUT2D eigenvalue weighted by molar-refractivity contribution is 0.125. The normalized spacial score (nSPS) is 17.0. The molecule has 0 aromatic heterocycles. The second-order valence-electron chi connectivity index (χ2n) is 5.39. The molecule has 2 rings (SSSR count). The van der Waals surface area contributed by atoms with E-state index in [1.165, 1.54) is 23.1 Å². The highest BCUT2D eigenvalue weighted by Gasteiger charge is 2.16. The monoisotopic (exact) mass is 204 g/mol. The highest BCUT2D eigenvalue weighted by atomic mass is 16.5. The Morgan fingerprint density at radius 3 is 2.67 bits per heavy atom. The van der Waals surface area contributed by atoms with Gasteiger partial charge in [0.05, 0.1) is 6.61 Å². The topological polar surface area (TPSA) is 9.23 Å². The van der Waals surface area contributed by atoms with E-state index in [0.717, 1.165) is 19.6 Å². The predicted octanol–water partition coefficient (Wildman–Crippen LogP) is 3.45. The van der Waals surface area contributed by atoms with Crippen LogP contribution in [0.4, 0.5) is 0 Å². The minimum Gasteiger partial charge on any atom is -0.377 e. The summed E-state index contributed by atoms with van der Waals surface area (Å²) in [5, 5.41) is 0. The third-order valence-corrected chi connectivity index (χ3v) is 3.06. The molecule has 0 saturated heterocycles. The second-order valence-corrected chi connectivity index (χ2v) is 5.39. The fourth-order valence-corrected chi connectivity index (χ4v) is 2.02. The lowest BCUT2D eigenvalue weighted by Gasteiger charge is -2.20. The van der Waals surface area contributed by atoms with Gasteiger partial charge < -0.3 is 4.74 Å². The molecule has 0 atom stereocenters. The molecule has 0 amide bonds. The van der Waals surface area contributed by atoms with Crippen molar-refractivity contribution in [2.75, 3.05) is 6.61 Å². The zero-order chi connectivity index (χ0) is 10.9. The molecular formula is C14H20O. The van der Waals surface area contributed by atoms with Gasteiger partial charge in [0.25, 0.3) is 0 Å². The van der Waals surface area contributed by atoms with Gasteiger partial charge in [-0.15, -0.1) is 0 Å². The molecule has 0 radical (unpaired) electrons. The van der Waals surface area contributed by atoms with Crippen molar-refractivity contribution >= 4 is 0 Å². The molecule has 0 saturated carbocycles. The Balaban J connectivity index is 2.36. The first-order chi connectivity index (χ1) is 7.07. The average Bonchev–Trinajstić information content (AvgIpc) is 2.39. The highest BCUT2D eigenvalue weighted by Crippen LogP contribution is 2.26. The fourth-order valence-electron chi connectivity index (χ4n) is 2.02. The van der Waals surface area contributed by atoms with Crippen LogP contribution in [0.5, 0.6) is 0 Å². The maximum Gasteiger partial charge on any atom is 0.0719 e. The molecule has 1 aromatic carbocycles. The van der Waals surface area contributed by atoms with E-state index in [9.17, 15) is 0 Å².